The molecule has 0 aliphatic heterocycles. The van der Waals surface area contributed by atoms with Crippen LogP contribution in [0, 0.1) is 10.1 Å². The van der Waals surface area contributed by atoms with Crippen LogP contribution in [0.15, 0.2) is 138 Å². The molecule has 0 aromatic heterocycles. The summed E-state index contributed by atoms with van der Waals surface area (Å²) in [6, 6.07) is 31.4. The van der Waals surface area contributed by atoms with Crippen molar-refractivity contribution in [2.24, 2.45) is 0 Å². The summed E-state index contributed by atoms with van der Waals surface area (Å²) in [7, 11) is 0. The third-order valence-corrected chi connectivity index (χ3v) is 8.80. The Morgan fingerprint density at radius 2 is 1.43 bits per heavy atom. The van der Waals surface area contributed by atoms with Gasteiger partial charge in [-0.05, 0) is 83.9 Å². The smallest absolute Gasteiger partial charge is 0.323 e. The normalized spacial score (nSPS) is 12.0. The fourth-order valence-electron chi connectivity index (χ4n) is 4.65. The molecule has 14 heteroatoms. The lowest BCUT2D eigenvalue weighted by atomic mass is 10.1. The van der Waals surface area contributed by atoms with Crippen molar-refractivity contribution in [2.45, 2.75) is 16.3 Å². The van der Waals surface area contributed by atoms with E-state index < -0.39 is 39.6 Å². The topological polar surface area (TPSA) is 130 Å². The van der Waals surface area contributed by atoms with Crippen LogP contribution in [-0.2, 0) is 15.8 Å². The van der Waals surface area contributed by atoms with Crippen molar-refractivity contribution in [2.75, 3.05) is 10.6 Å². The van der Waals surface area contributed by atoms with E-state index in [2.05, 4.69) is 16.0 Å². The van der Waals surface area contributed by atoms with Gasteiger partial charge in [-0.15, -0.1) is 11.8 Å². The molecule has 51 heavy (non-hydrogen) atoms. The monoisotopic (exact) mass is 730 g/mol. The summed E-state index contributed by atoms with van der Waals surface area (Å²) < 4.78 is 40.0. The molecule has 3 N–H and O–H groups in total. The van der Waals surface area contributed by atoms with Gasteiger partial charge >= 0.3 is 6.18 Å². The Labute approximate surface area is 298 Å². The molecular weight excluding hydrogens is 705 g/mol. The number of rotatable bonds is 11. The Morgan fingerprint density at radius 1 is 0.804 bits per heavy atom. The quantitative estimate of drug-likeness (QED) is 0.0538. The maximum Gasteiger partial charge on any atom is 0.416 e. The van der Waals surface area contributed by atoms with Crippen molar-refractivity contribution in [1.82, 2.24) is 5.32 Å². The number of amides is 3. The van der Waals surface area contributed by atoms with Crippen LogP contribution in [0.3, 0.4) is 0 Å². The molecule has 0 fully saturated rings. The maximum atomic E-state index is 13.5. The molecule has 5 aromatic carbocycles. The summed E-state index contributed by atoms with van der Waals surface area (Å²) >= 11 is 7.25. The number of alkyl halides is 3. The second-order valence-electron chi connectivity index (χ2n) is 10.8. The van der Waals surface area contributed by atoms with Crippen molar-refractivity contribution >= 4 is 64.2 Å². The van der Waals surface area contributed by atoms with Crippen LogP contribution in [0.2, 0.25) is 5.02 Å². The number of nitro benzene ring substituents is 1. The van der Waals surface area contributed by atoms with E-state index in [1.54, 1.807) is 84.9 Å². The van der Waals surface area contributed by atoms with E-state index in [1.165, 1.54) is 30.3 Å². The van der Waals surface area contributed by atoms with Gasteiger partial charge in [0.15, 0.2) is 0 Å². The van der Waals surface area contributed by atoms with Gasteiger partial charge in [0, 0.05) is 28.3 Å². The summed E-state index contributed by atoms with van der Waals surface area (Å²) in [5, 5.41) is 17.9. The van der Waals surface area contributed by atoms with Crippen molar-refractivity contribution in [3.05, 3.63) is 170 Å². The molecule has 0 saturated carbocycles. The van der Waals surface area contributed by atoms with Crippen molar-refractivity contribution in [3.8, 4) is 0 Å². The summed E-state index contributed by atoms with van der Waals surface area (Å²) in [6.07, 6.45) is -3.26. The van der Waals surface area contributed by atoms with E-state index in [1.807, 2.05) is 0 Å². The number of anilines is 2. The van der Waals surface area contributed by atoms with Gasteiger partial charge in [-0.25, -0.2) is 0 Å². The Kier molecular flexibility index (Phi) is 11.5. The summed E-state index contributed by atoms with van der Waals surface area (Å²) in [4.78, 5) is 51.0. The van der Waals surface area contributed by atoms with Crippen LogP contribution >= 0.6 is 23.4 Å². The minimum Gasteiger partial charge on any atom is -0.323 e. The third kappa shape index (κ3) is 9.84. The lowest BCUT2D eigenvalue weighted by Crippen LogP contribution is -2.30. The van der Waals surface area contributed by atoms with E-state index in [4.69, 9.17) is 11.6 Å². The van der Waals surface area contributed by atoms with Crippen LogP contribution in [0.4, 0.5) is 30.2 Å². The van der Waals surface area contributed by atoms with Gasteiger partial charge in [0.1, 0.15) is 10.9 Å². The number of benzene rings is 5. The van der Waals surface area contributed by atoms with Gasteiger partial charge in [0.25, 0.3) is 17.5 Å². The van der Waals surface area contributed by atoms with E-state index in [-0.39, 0.29) is 22.1 Å². The average molecular weight is 731 g/mol. The second kappa shape index (κ2) is 16.2. The molecule has 0 bridgehead atoms. The first kappa shape index (κ1) is 36.4. The first-order chi connectivity index (χ1) is 24.4. The number of halogens is 4. The third-order valence-electron chi connectivity index (χ3n) is 7.20. The van der Waals surface area contributed by atoms with Crippen LogP contribution in [-0.4, -0.2) is 22.6 Å². The van der Waals surface area contributed by atoms with Crippen LogP contribution < -0.4 is 16.0 Å². The number of thioether (sulfide) groups is 1. The molecule has 0 heterocycles. The number of carbonyl (C=O) groups excluding carboxylic acids is 3. The lowest BCUT2D eigenvalue weighted by molar-refractivity contribution is -0.384. The highest BCUT2D eigenvalue weighted by Gasteiger charge is 2.32. The van der Waals surface area contributed by atoms with Gasteiger partial charge in [0.05, 0.1) is 21.2 Å². The molecule has 0 radical (unpaired) electrons. The second-order valence-corrected chi connectivity index (χ2v) is 12.4. The first-order valence-corrected chi connectivity index (χ1v) is 16.3. The molecule has 0 aliphatic rings. The Bertz CT molecular complexity index is 2080. The molecular formula is C37H26ClF3N4O5S. The van der Waals surface area contributed by atoms with Gasteiger partial charge in [-0.1, -0.05) is 60.1 Å². The number of nitro groups is 1. The lowest BCUT2D eigenvalue weighted by Gasteiger charge is -2.19. The van der Waals surface area contributed by atoms with E-state index in [0.29, 0.717) is 27.3 Å². The molecule has 1 atom stereocenters. The number of hydrogen-bond donors (Lipinski definition) is 3. The van der Waals surface area contributed by atoms with Crippen molar-refractivity contribution in [1.29, 1.82) is 0 Å². The summed E-state index contributed by atoms with van der Waals surface area (Å²) in [5.41, 5.74) is 0.208. The number of carbonyl (C=O) groups is 3. The van der Waals surface area contributed by atoms with Gasteiger partial charge in [0.2, 0.25) is 5.91 Å². The predicted molar refractivity (Wildman–Crippen MR) is 190 cm³/mol. The minimum atomic E-state index is -4.64. The number of nitrogens with one attached hydrogen (secondary N) is 3. The van der Waals surface area contributed by atoms with E-state index in [9.17, 15) is 37.7 Å². The Balaban J connectivity index is 1.35. The zero-order valence-corrected chi connectivity index (χ0v) is 27.8. The molecule has 5 aromatic rings. The molecule has 0 spiro atoms. The molecule has 3 amide bonds. The van der Waals surface area contributed by atoms with Gasteiger partial charge in [-0.2, -0.15) is 13.2 Å². The minimum absolute atomic E-state index is 0.0600. The fourth-order valence-corrected chi connectivity index (χ4v) is 5.84. The van der Waals surface area contributed by atoms with Gasteiger partial charge < -0.3 is 16.0 Å². The zero-order valence-electron chi connectivity index (χ0n) is 26.2. The highest BCUT2D eigenvalue weighted by molar-refractivity contribution is 8.00. The summed E-state index contributed by atoms with van der Waals surface area (Å²) in [6.45, 7) is 0. The highest BCUT2D eigenvalue weighted by Crippen LogP contribution is 2.39. The van der Waals surface area contributed by atoms with Crippen molar-refractivity contribution in [3.63, 3.8) is 0 Å². The standard InChI is InChI=1S/C37H26ClF3N4O5S/c38-30-20-13-26(37(39,40)41)22-31(30)43-36(48)33(24-7-3-1-4-8-24)51-29-18-14-27(15-19-29)42-35(47)32(44-34(46)25-9-5-2-6-10-25)21-23-11-16-28(17-12-23)45(49)50/h1-22,33H,(H,42,47)(H,43,48)(H,44,46)/b32-21-. The SMILES string of the molecule is O=C(Nc1ccc(SC(C(=O)Nc2cc(C(F)(F)F)ccc2Cl)c2ccccc2)cc1)/C(=C/c1ccc([N+](=O)[O-])cc1)NC(=O)c1ccccc1. The fraction of sp³-hybridized carbons (Fsp3) is 0.0541. The summed E-state index contributed by atoms with van der Waals surface area (Å²) in [5.74, 6) is -1.85. The highest BCUT2D eigenvalue weighted by atomic mass is 35.5. The molecule has 5 rings (SSSR count). The average Bonchev–Trinajstić information content (AvgIpc) is 3.12. The van der Waals surface area contributed by atoms with E-state index >= 15 is 0 Å². The van der Waals surface area contributed by atoms with Gasteiger partial charge in [-0.3, -0.25) is 24.5 Å². The largest absolute Gasteiger partial charge is 0.416 e. The Morgan fingerprint density at radius 3 is 2.04 bits per heavy atom. The molecule has 9 nitrogen and oxygen atoms in total. The van der Waals surface area contributed by atoms with Crippen LogP contribution in [0.5, 0.6) is 0 Å². The predicted octanol–water partition coefficient (Wildman–Crippen LogP) is 9.15. The molecule has 258 valence electrons. The molecule has 0 aliphatic carbocycles. The van der Waals surface area contributed by atoms with Crippen LogP contribution in [0.1, 0.15) is 32.3 Å². The number of non-ortho nitro benzene ring substituents is 1. The number of nitrogens with zero attached hydrogens (tertiary/aromatic N) is 1. The zero-order chi connectivity index (χ0) is 36.5. The molecule has 1 unspecified atom stereocenters. The first-order valence-electron chi connectivity index (χ1n) is 15.0. The van der Waals surface area contributed by atoms with E-state index in [0.717, 1.165) is 30.0 Å². The van der Waals surface area contributed by atoms with Crippen molar-refractivity contribution < 1.29 is 32.5 Å². The molecule has 0 saturated heterocycles. The Hall–Kier alpha value is -5.92. The van der Waals surface area contributed by atoms with Crippen LogP contribution in [0.25, 0.3) is 6.08 Å². The maximum absolute atomic E-state index is 13.5. The number of hydrogen-bond acceptors (Lipinski definition) is 6.